The minimum atomic E-state index is -0.0957. The molecule has 1 saturated heterocycles. The normalized spacial score (nSPS) is 16.4. The van der Waals surface area contributed by atoms with Gasteiger partial charge in [0.1, 0.15) is 11.5 Å². The smallest absolute Gasteiger partial charge is 0.261 e. The van der Waals surface area contributed by atoms with Crippen LogP contribution in [-0.4, -0.2) is 48.3 Å². The van der Waals surface area contributed by atoms with Crippen LogP contribution in [0.5, 0.6) is 11.5 Å². The first-order chi connectivity index (χ1) is 14.6. The predicted octanol–water partition coefficient (Wildman–Crippen LogP) is 4.43. The summed E-state index contributed by atoms with van der Waals surface area (Å²) in [5, 5.41) is 4.71. The molecule has 4 rings (SSSR count). The molecule has 30 heavy (non-hydrogen) atoms. The lowest BCUT2D eigenvalue weighted by atomic mass is 9.96. The van der Waals surface area contributed by atoms with Gasteiger partial charge in [0.05, 0.1) is 25.3 Å². The zero-order valence-electron chi connectivity index (χ0n) is 16.8. The molecule has 0 bridgehead atoms. The van der Waals surface area contributed by atoms with Crippen molar-refractivity contribution in [3.05, 3.63) is 58.9 Å². The molecule has 1 aliphatic rings. The van der Waals surface area contributed by atoms with Crippen molar-refractivity contribution < 1.29 is 18.8 Å². The average molecular weight is 428 g/mol. The second-order valence-electron chi connectivity index (χ2n) is 7.09. The molecule has 7 nitrogen and oxygen atoms in total. The van der Waals surface area contributed by atoms with Gasteiger partial charge in [0.15, 0.2) is 5.82 Å². The molecular formula is C22H22ClN3O4. The van der Waals surface area contributed by atoms with Crippen molar-refractivity contribution in [3.8, 4) is 23.0 Å². The molecule has 0 spiro atoms. The summed E-state index contributed by atoms with van der Waals surface area (Å²) >= 11 is 6.02. The Labute approximate surface area is 179 Å². The fourth-order valence-electron chi connectivity index (χ4n) is 3.72. The van der Waals surface area contributed by atoms with Crippen molar-refractivity contribution in [1.29, 1.82) is 0 Å². The van der Waals surface area contributed by atoms with Gasteiger partial charge in [-0.05, 0) is 43.2 Å². The van der Waals surface area contributed by atoms with Crippen LogP contribution in [0, 0.1) is 0 Å². The number of piperidine rings is 1. The van der Waals surface area contributed by atoms with E-state index in [1.165, 1.54) is 7.11 Å². The van der Waals surface area contributed by atoms with Crippen molar-refractivity contribution in [3.63, 3.8) is 0 Å². The van der Waals surface area contributed by atoms with Crippen molar-refractivity contribution in [2.45, 2.75) is 18.8 Å². The van der Waals surface area contributed by atoms with Crippen LogP contribution >= 0.6 is 11.6 Å². The molecule has 1 aromatic heterocycles. The van der Waals surface area contributed by atoms with Crippen LogP contribution in [0.3, 0.4) is 0 Å². The summed E-state index contributed by atoms with van der Waals surface area (Å²) in [6.45, 7) is 1.17. The van der Waals surface area contributed by atoms with E-state index >= 15 is 0 Å². The van der Waals surface area contributed by atoms with Gasteiger partial charge in [0.2, 0.25) is 0 Å². The molecule has 1 unspecified atom stereocenters. The second kappa shape index (κ2) is 8.75. The van der Waals surface area contributed by atoms with E-state index in [1.54, 1.807) is 30.2 Å². The number of para-hydroxylation sites is 1. The van der Waals surface area contributed by atoms with Crippen molar-refractivity contribution >= 4 is 17.5 Å². The molecule has 0 aliphatic carbocycles. The number of methoxy groups -OCH3 is 2. The highest BCUT2D eigenvalue weighted by Gasteiger charge is 2.30. The summed E-state index contributed by atoms with van der Waals surface area (Å²) in [6, 6.07) is 12.5. The maximum Gasteiger partial charge on any atom is 0.261 e. The Bertz CT molecular complexity index is 1050. The summed E-state index contributed by atoms with van der Waals surface area (Å²) in [4.78, 5) is 19.5. The molecule has 2 aromatic carbocycles. The van der Waals surface area contributed by atoms with Gasteiger partial charge in [-0.1, -0.05) is 28.9 Å². The number of rotatable bonds is 5. The third kappa shape index (κ3) is 3.98. The molecule has 0 saturated carbocycles. The van der Waals surface area contributed by atoms with Gasteiger partial charge in [0, 0.05) is 24.0 Å². The maximum atomic E-state index is 13.1. The summed E-state index contributed by atoms with van der Waals surface area (Å²) in [6.07, 6.45) is 1.73. The van der Waals surface area contributed by atoms with E-state index in [0.29, 0.717) is 46.9 Å². The molecule has 8 heteroatoms. The van der Waals surface area contributed by atoms with Crippen molar-refractivity contribution in [2.75, 3.05) is 27.3 Å². The molecule has 1 aliphatic heterocycles. The number of hydrogen-bond donors (Lipinski definition) is 0. The lowest BCUT2D eigenvalue weighted by molar-refractivity contribution is 0.0700. The SMILES string of the molecule is COc1cc(Cl)ccc1C(=O)N1CCCC(c2noc(-c3ccccc3OC)n2)C1. The van der Waals surface area contributed by atoms with E-state index in [9.17, 15) is 4.79 Å². The van der Waals surface area contributed by atoms with Crippen LogP contribution in [0.4, 0.5) is 0 Å². The van der Waals surface area contributed by atoms with Gasteiger partial charge >= 0.3 is 0 Å². The lowest BCUT2D eigenvalue weighted by Crippen LogP contribution is -2.39. The van der Waals surface area contributed by atoms with Gasteiger partial charge in [-0.2, -0.15) is 4.98 Å². The van der Waals surface area contributed by atoms with Gasteiger partial charge in [-0.25, -0.2) is 0 Å². The first kappa shape index (κ1) is 20.2. The van der Waals surface area contributed by atoms with Gasteiger partial charge in [-0.15, -0.1) is 0 Å². The van der Waals surface area contributed by atoms with Crippen LogP contribution in [-0.2, 0) is 0 Å². The topological polar surface area (TPSA) is 77.7 Å². The van der Waals surface area contributed by atoms with E-state index in [2.05, 4.69) is 10.1 Å². The molecule has 1 fully saturated rings. The number of aromatic nitrogens is 2. The summed E-state index contributed by atoms with van der Waals surface area (Å²) in [5.74, 6) is 2.03. The zero-order chi connectivity index (χ0) is 21.1. The van der Waals surface area contributed by atoms with Gasteiger partial charge < -0.3 is 18.9 Å². The highest BCUT2D eigenvalue weighted by atomic mass is 35.5. The van der Waals surface area contributed by atoms with E-state index in [-0.39, 0.29) is 11.8 Å². The number of hydrogen-bond acceptors (Lipinski definition) is 6. The van der Waals surface area contributed by atoms with Crippen LogP contribution in [0.15, 0.2) is 47.0 Å². The third-order valence-corrected chi connectivity index (χ3v) is 5.48. The number of carbonyl (C=O) groups excluding carboxylic acids is 1. The first-order valence-electron chi connectivity index (χ1n) is 9.70. The zero-order valence-corrected chi connectivity index (χ0v) is 17.6. The number of carbonyl (C=O) groups is 1. The predicted molar refractivity (Wildman–Crippen MR) is 112 cm³/mol. The van der Waals surface area contributed by atoms with Crippen molar-refractivity contribution in [2.24, 2.45) is 0 Å². The quantitative estimate of drug-likeness (QED) is 0.599. The Morgan fingerprint density at radius 2 is 1.97 bits per heavy atom. The van der Waals surface area contributed by atoms with Crippen LogP contribution < -0.4 is 9.47 Å². The minimum Gasteiger partial charge on any atom is -0.496 e. The average Bonchev–Trinajstić information content (AvgIpc) is 3.28. The number of likely N-dealkylation sites (tertiary alicyclic amines) is 1. The standard InChI is InChI=1S/C22H22ClN3O4/c1-28-18-8-4-3-7-16(18)21-24-20(25-30-21)14-6-5-11-26(13-14)22(27)17-10-9-15(23)12-19(17)29-2/h3-4,7-10,12,14H,5-6,11,13H2,1-2H3. The fraction of sp³-hybridized carbons (Fsp3) is 0.318. The molecule has 156 valence electrons. The van der Waals surface area contributed by atoms with Crippen LogP contribution in [0.1, 0.15) is 34.9 Å². The Balaban J connectivity index is 1.54. The number of amides is 1. The largest absolute Gasteiger partial charge is 0.496 e. The molecule has 1 amide bonds. The Morgan fingerprint density at radius 3 is 2.77 bits per heavy atom. The minimum absolute atomic E-state index is 0.00629. The molecule has 0 radical (unpaired) electrons. The third-order valence-electron chi connectivity index (χ3n) is 5.25. The van der Waals surface area contributed by atoms with E-state index < -0.39 is 0 Å². The van der Waals surface area contributed by atoms with Gasteiger partial charge in [0.25, 0.3) is 11.8 Å². The number of halogens is 1. The second-order valence-corrected chi connectivity index (χ2v) is 7.53. The number of nitrogens with zero attached hydrogens (tertiary/aromatic N) is 3. The van der Waals surface area contributed by atoms with Crippen molar-refractivity contribution in [1.82, 2.24) is 15.0 Å². The van der Waals surface area contributed by atoms with E-state index in [4.69, 9.17) is 25.6 Å². The Hall–Kier alpha value is -3.06. The molecule has 1 atom stereocenters. The Morgan fingerprint density at radius 1 is 1.17 bits per heavy atom. The maximum absolute atomic E-state index is 13.1. The van der Waals surface area contributed by atoms with Gasteiger partial charge in [-0.3, -0.25) is 4.79 Å². The first-order valence-corrected chi connectivity index (χ1v) is 10.1. The van der Waals surface area contributed by atoms with E-state index in [0.717, 1.165) is 18.4 Å². The molecule has 3 aromatic rings. The molecular weight excluding hydrogens is 406 g/mol. The van der Waals surface area contributed by atoms with Crippen LogP contribution in [0.25, 0.3) is 11.5 Å². The summed E-state index contributed by atoms with van der Waals surface area (Å²) < 4.78 is 16.2. The Kier molecular flexibility index (Phi) is 5.90. The molecule has 2 heterocycles. The van der Waals surface area contributed by atoms with Crippen LogP contribution in [0.2, 0.25) is 5.02 Å². The number of ether oxygens (including phenoxy) is 2. The fourth-order valence-corrected chi connectivity index (χ4v) is 3.88. The van der Waals surface area contributed by atoms with E-state index in [1.807, 2.05) is 24.3 Å². The summed E-state index contributed by atoms with van der Waals surface area (Å²) in [5.41, 5.74) is 1.23. The lowest BCUT2D eigenvalue weighted by Gasteiger charge is -2.31. The highest BCUT2D eigenvalue weighted by Crippen LogP contribution is 2.32. The molecule has 0 N–H and O–H groups in total. The summed E-state index contributed by atoms with van der Waals surface area (Å²) in [7, 11) is 3.13. The monoisotopic (exact) mass is 427 g/mol. The highest BCUT2D eigenvalue weighted by molar-refractivity contribution is 6.30. The number of benzene rings is 2.